The number of nitrogens with one attached hydrogen (secondary N) is 1. The summed E-state index contributed by atoms with van der Waals surface area (Å²) < 4.78 is 5.57. The Hall–Kier alpha value is -0.650. The lowest BCUT2D eigenvalue weighted by molar-refractivity contribution is -0.133. The highest BCUT2D eigenvalue weighted by Crippen LogP contribution is 2.18. The first kappa shape index (κ1) is 14.8. The highest BCUT2D eigenvalue weighted by atomic mass is 16.5. The Morgan fingerprint density at radius 2 is 2.37 bits per heavy atom. The molecule has 5 nitrogen and oxygen atoms in total. The summed E-state index contributed by atoms with van der Waals surface area (Å²) in [7, 11) is 4.08. The van der Waals surface area contributed by atoms with Gasteiger partial charge in [0.1, 0.15) is 0 Å². The number of amides is 1. The topological polar surface area (TPSA) is 44.8 Å². The van der Waals surface area contributed by atoms with Gasteiger partial charge in [-0.25, -0.2) is 0 Å². The van der Waals surface area contributed by atoms with E-state index in [-0.39, 0.29) is 12.0 Å². The Labute approximate surface area is 116 Å². The van der Waals surface area contributed by atoms with Crippen LogP contribution in [0.3, 0.4) is 0 Å². The van der Waals surface area contributed by atoms with E-state index in [0.29, 0.717) is 6.42 Å². The van der Waals surface area contributed by atoms with E-state index in [2.05, 4.69) is 17.3 Å². The van der Waals surface area contributed by atoms with Crippen molar-refractivity contribution in [3.05, 3.63) is 0 Å². The van der Waals surface area contributed by atoms with Gasteiger partial charge in [-0.2, -0.15) is 0 Å². The highest BCUT2D eigenvalue weighted by Gasteiger charge is 2.22. The van der Waals surface area contributed by atoms with Gasteiger partial charge in [0, 0.05) is 33.2 Å². The number of nitrogens with zero attached hydrogens (tertiary/aromatic N) is 2. The van der Waals surface area contributed by atoms with E-state index in [0.717, 1.165) is 38.6 Å². The van der Waals surface area contributed by atoms with Crippen LogP contribution in [0.2, 0.25) is 0 Å². The number of carbonyl (C=O) groups excluding carboxylic acids is 1. The molecular formula is C14H27N3O2. The summed E-state index contributed by atoms with van der Waals surface area (Å²) in [6.45, 7) is 5.66. The molecule has 0 spiro atoms. The molecule has 1 N–H and O–H groups in total. The van der Waals surface area contributed by atoms with E-state index in [1.807, 2.05) is 11.9 Å². The van der Waals surface area contributed by atoms with Crippen LogP contribution in [-0.2, 0) is 9.53 Å². The zero-order valence-electron chi connectivity index (χ0n) is 12.2. The highest BCUT2D eigenvalue weighted by molar-refractivity contribution is 5.76. The molecule has 0 radical (unpaired) electrons. The minimum atomic E-state index is 0.0568. The van der Waals surface area contributed by atoms with Crippen LogP contribution in [0, 0.1) is 5.92 Å². The van der Waals surface area contributed by atoms with Gasteiger partial charge in [0.15, 0.2) is 0 Å². The van der Waals surface area contributed by atoms with Gasteiger partial charge in [0.25, 0.3) is 0 Å². The van der Waals surface area contributed by atoms with Crippen molar-refractivity contribution in [1.82, 2.24) is 15.1 Å². The minimum Gasteiger partial charge on any atom is -0.375 e. The number of morpholine rings is 1. The summed E-state index contributed by atoms with van der Waals surface area (Å²) in [5, 5.41) is 3.26. The van der Waals surface area contributed by atoms with Crippen LogP contribution in [-0.4, -0.2) is 75.2 Å². The van der Waals surface area contributed by atoms with Crippen LogP contribution in [0.4, 0.5) is 0 Å². The minimum absolute atomic E-state index is 0.0568. The van der Waals surface area contributed by atoms with Gasteiger partial charge in [-0.1, -0.05) is 0 Å². The second kappa shape index (κ2) is 7.22. The standard InChI is InChI=1S/C14H27N3O2/c1-16-6-3-12(11-16)4-7-17(2)14(18)9-13-10-15-5-8-19-13/h12-13,15H,3-11H2,1-2H3. The van der Waals surface area contributed by atoms with Gasteiger partial charge in [-0.05, 0) is 32.4 Å². The lowest BCUT2D eigenvalue weighted by Crippen LogP contribution is -2.42. The quantitative estimate of drug-likeness (QED) is 0.772. The molecular weight excluding hydrogens is 242 g/mol. The Bertz CT molecular complexity index is 292. The van der Waals surface area contributed by atoms with Gasteiger partial charge in [-0.15, -0.1) is 0 Å². The molecule has 19 heavy (non-hydrogen) atoms. The van der Waals surface area contributed by atoms with Crippen molar-refractivity contribution in [2.75, 3.05) is 53.4 Å². The van der Waals surface area contributed by atoms with Crippen molar-refractivity contribution < 1.29 is 9.53 Å². The first-order chi connectivity index (χ1) is 9.15. The third-order valence-electron chi connectivity index (χ3n) is 4.19. The van der Waals surface area contributed by atoms with Crippen LogP contribution in [0.1, 0.15) is 19.3 Å². The molecule has 1 amide bonds. The maximum atomic E-state index is 12.1. The molecule has 0 aliphatic carbocycles. The maximum absolute atomic E-state index is 12.1. The number of ether oxygens (including phenoxy) is 1. The molecule has 2 saturated heterocycles. The average molecular weight is 269 g/mol. The molecule has 2 fully saturated rings. The van der Waals surface area contributed by atoms with Crippen LogP contribution in [0.25, 0.3) is 0 Å². The molecule has 5 heteroatoms. The number of rotatable bonds is 5. The van der Waals surface area contributed by atoms with Crippen molar-refractivity contribution >= 4 is 5.91 Å². The fraction of sp³-hybridized carbons (Fsp3) is 0.929. The lowest BCUT2D eigenvalue weighted by atomic mass is 10.0. The summed E-state index contributed by atoms with van der Waals surface area (Å²) in [5.41, 5.74) is 0. The third-order valence-corrected chi connectivity index (χ3v) is 4.19. The number of hydrogen-bond acceptors (Lipinski definition) is 4. The molecule has 0 aromatic rings. The van der Waals surface area contributed by atoms with Gasteiger partial charge < -0.3 is 19.9 Å². The molecule has 0 aromatic heterocycles. The first-order valence-electron chi connectivity index (χ1n) is 7.40. The second-order valence-electron chi connectivity index (χ2n) is 5.92. The number of carbonyl (C=O) groups is 1. The summed E-state index contributed by atoms with van der Waals surface area (Å²) in [6, 6.07) is 0. The summed E-state index contributed by atoms with van der Waals surface area (Å²) >= 11 is 0. The van der Waals surface area contributed by atoms with Crippen LogP contribution in [0.5, 0.6) is 0 Å². The van der Waals surface area contributed by atoms with Gasteiger partial charge >= 0.3 is 0 Å². The molecule has 2 heterocycles. The summed E-state index contributed by atoms with van der Waals surface area (Å²) in [4.78, 5) is 16.3. The normalized spacial score (nSPS) is 28.5. The monoisotopic (exact) mass is 269 g/mol. The maximum Gasteiger partial charge on any atom is 0.224 e. The predicted molar refractivity (Wildman–Crippen MR) is 75.1 cm³/mol. The molecule has 110 valence electrons. The van der Waals surface area contributed by atoms with E-state index in [4.69, 9.17) is 4.74 Å². The van der Waals surface area contributed by atoms with E-state index in [1.165, 1.54) is 19.5 Å². The van der Waals surface area contributed by atoms with E-state index in [9.17, 15) is 4.79 Å². The van der Waals surface area contributed by atoms with Crippen molar-refractivity contribution in [2.24, 2.45) is 5.92 Å². The largest absolute Gasteiger partial charge is 0.375 e. The number of hydrogen-bond donors (Lipinski definition) is 1. The average Bonchev–Trinajstić information content (AvgIpc) is 2.83. The van der Waals surface area contributed by atoms with E-state index >= 15 is 0 Å². The van der Waals surface area contributed by atoms with Crippen molar-refractivity contribution in [1.29, 1.82) is 0 Å². The summed E-state index contributed by atoms with van der Waals surface area (Å²) in [5.74, 6) is 0.966. The van der Waals surface area contributed by atoms with Crippen LogP contribution >= 0.6 is 0 Å². The predicted octanol–water partition coefficient (Wildman–Crippen LogP) is 0.165. The second-order valence-corrected chi connectivity index (χ2v) is 5.92. The van der Waals surface area contributed by atoms with E-state index in [1.54, 1.807) is 0 Å². The van der Waals surface area contributed by atoms with Crippen molar-refractivity contribution in [2.45, 2.75) is 25.4 Å². The molecule has 0 saturated carbocycles. The SMILES string of the molecule is CN1CCC(CCN(C)C(=O)CC2CNCCO2)C1. The van der Waals surface area contributed by atoms with E-state index < -0.39 is 0 Å². The number of likely N-dealkylation sites (tertiary alicyclic amines) is 1. The van der Waals surface area contributed by atoms with Crippen LogP contribution in [0.15, 0.2) is 0 Å². The Balaban J connectivity index is 1.64. The third kappa shape index (κ3) is 4.75. The molecule has 2 rings (SSSR count). The lowest BCUT2D eigenvalue weighted by Gasteiger charge is -2.26. The molecule has 2 atom stereocenters. The van der Waals surface area contributed by atoms with Crippen LogP contribution < -0.4 is 5.32 Å². The van der Waals surface area contributed by atoms with Crippen molar-refractivity contribution in [3.63, 3.8) is 0 Å². The Morgan fingerprint density at radius 3 is 3.00 bits per heavy atom. The molecule has 2 aliphatic heterocycles. The molecule has 2 unspecified atom stereocenters. The van der Waals surface area contributed by atoms with Gasteiger partial charge in [-0.3, -0.25) is 4.79 Å². The zero-order valence-corrected chi connectivity index (χ0v) is 12.2. The fourth-order valence-corrected chi connectivity index (χ4v) is 2.86. The fourth-order valence-electron chi connectivity index (χ4n) is 2.86. The Morgan fingerprint density at radius 1 is 1.53 bits per heavy atom. The molecule has 0 aromatic carbocycles. The smallest absolute Gasteiger partial charge is 0.224 e. The molecule has 2 aliphatic rings. The summed E-state index contributed by atoms with van der Waals surface area (Å²) in [6.07, 6.45) is 2.96. The first-order valence-corrected chi connectivity index (χ1v) is 7.40. The van der Waals surface area contributed by atoms with Gasteiger partial charge in [0.05, 0.1) is 19.1 Å². The molecule has 0 bridgehead atoms. The van der Waals surface area contributed by atoms with Gasteiger partial charge in [0.2, 0.25) is 5.91 Å². The van der Waals surface area contributed by atoms with Crippen molar-refractivity contribution in [3.8, 4) is 0 Å². The zero-order chi connectivity index (χ0) is 13.7. The Kier molecular flexibility index (Phi) is 5.60.